The van der Waals surface area contributed by atoms with Crippen molar-refractivity contribution < 1.29 is 27.9 Å². The lowest BCUT2D eigenvalue weighted by Crippen LogP contribution is -2.36. The number of aliphatic carboxylic acids is 1. The van der Waals surface area contributed by atoms with Crippen LogP contribution in [-0.2, 0) is 21.4 Å². The van der Waals surface area contributed by atoms with Crippen molar-refractivity contribution in [3.8, 4) is 5.75 Å². The quantitative estimate of drug-likeness (QED) is 0.349. The second-order valence-electron chi connectivity index (χ2n) is 10.3. The van der Waals surface area contributed by atoms with Crippen molar-refractivity contribution in [2.24, 2.45) is 5.41 Å². The highest BCUT2D eigenvalue weighted by Crippen LogP contribution is 2.44. The fourth-order valence-electron chi connectivity index (χ4n) is 4.79. The number of carboxylic acids is 1. The molecule has 38 heavy (non-hydrogen) atoms. The highest BCUT2D eigenvalue weighted by molar-refractivity contribution is 7.89. The van der Waals surface area contributed by atoms with E-state index in [1.54, 1.807) is 44.2 Å². The van der Waals surface area contributed by atoms with Gasteiger partial charge in [0.2, 0.25) is 10.0 Å². The molecule has 0 radical (unpaired) electrons. The van der Waals surface area contributed by atoms with Gasteiger partial charge in [-0.3, -0.25) is 9.59 Å². The Morgan fingerprint density at radius 3 is 2.50 bits per heavy atom. The number of thiophene rings is 1. The highest BCUT2D eigenvalue weighted by Gasteiger charge is 2.40. The fraction of sp³-hybridized carbons (Fsp3) is 0.379. The van der Waals surface area contributed by atoms with Crippen LogP contribution in [0.15, 0.2) is 59.5 Å². The number of nitrogens with zero attached hydrogens (tertiary/aromatic N) is 1. The Hall–Kier alpha value is -3.01. The van der Waals surface area contributed by atoms with E-state index in [0.29, 0.717) is 17.0 Å². The molecule has 0 spiro atoms. The summed E-state index contributed by atoms with van der Waals surface area (Å²) in [4.78, 5) is 25.8. The molecule has 0 saturated heterocycles. The maximum atomic E-state index is 13.7. The third kappa shape index (κ3) is 5.28. The van der Waals surface area contributed by atoms with E-state index in [9.17, 15) is 23.1 Å². The number of ether oxygens (including phenoxy) is 1. The van der Waals surface area contributed by atoms with Crippen LogP contribution in [0, 0.1) is 12.3 Å². The van der Waals surface area contributed by atoms with Crippen LogP contribution in [0.3, 0.4) is 0 Å². The third-order valence-electron chi connectivity index (χ3n) is 7.21. The van der Waals surface area contributed by atoms with Gasteiger partial charge in [-0.2, -0.15) is 4.31 Å². The van der Waals surface area contributed by atoms with Crippen molar-refractivity contribution in [2.45, 2.75) is 64.5 Å². The van der Waals surface area contributed by atoms with Gasteiger partial charge in [-0.15, -0.1) is 11.3 Å². The molecule has 4 rings (SSSR count). The molecule has 1 aromatic heterocycles. The summed E-state index contributed by atoms with van der Waals surface area (Å²) in [6.45, 7) is 9.04. The Morgan fingerprint density at radius 2 is 1.87 bits per heavy atom. The second kappa shape index (κ2) is 10.6. The number of ketones is 1. The Kier molecular flexibility index (Phi) is 7.84. The average molecular weight is 556 g/mol. The first kappa shape index (κ1) is 28.0. The Bertz CT molecular complexity index is 1470. The summed E-state index contributed by atoms with van der Waals surface area (Å²) >= 11 is 1.30. The molecule has 0 fully saturated rings. The number of carbonyl (C=O) groups excluding carboxylic acids is 1. The zero-order valence-electron chi connectivity index (χ0n) is 22.2. The molecule has 1 unspecified atom stereocenters. The lowest BCUT2D eigenvalue weighted by molar-refractivity contribution is -0.147. The summed E-state index contributed by atoms with van der Waals surface area (Å²) in [5.41, 5.74) is 1.26. The molecule has 202 valence electrons. The summed E-state index contributed by atoms with van der Waals surface area (Å²) in [6.07, 6.45) is 0.345. The number of carbonyl (C=O) groups is 2. The SMILES string of the molecule is CC[C@@H]1CN(Cc2cc(C(c3ccc(C(C)=O)s3)C(C)(C)C(=O)O)ccc2C)S(=O)(=O)c2ccccc2O1. The standard InChI is InChI=1S/C29H33NO6S2/c1-6-22-17-30(38(34,35)26-10-8-7-9-23(26)36-22)16-21-15-20(12-11-18(21)2)27(29(4,5)28(32)33)25-14-13-24(37-25)19(3)31/h7-15,22,27H,6,16-17H2,1-5H3,(H,32,33)/t22-,27?/m1/s1. The third-order valence-corrected chi connectivity index (χ3v) is 10.3. The number of benzene rings is 2. The van der Waals surface area contributed by atoms with Gasteiger partial charge >= 0.3 is 5.97 Å². The van der Waals surface area contributed by atoms with Gasteiger partial charge < -0.3 is 9.84 Å². The number of para-hydroxylation sites is 1. The first-order valence-electron chi connectivity index (χ1n) is 12.6. The zero-order valence-corrected chi connectivity index (χ0v) is 23.9. The summed E-state index contributed by atoms with van der Waals surface area (Å²) < 4.78 is 34.9. The minimum absolute atomic E-state index is 0.0722. The average Bonchev–Trinajstić information content (AvgIpc) is 3.31. The molecule has 1 aliphatic heterocycles. The summed E-state index contributed by atoms with van der Waals surface area (Å²) in [6, 6.07) is 15.9. The summed E-state index contributed by atoms with van der Waals surface area (Å²) in [5, 5.41) is 10.1. The molecular weight excluding hydrogens is 522 g/mol. The van der Waals surface area contributed by atoms with Crippen molar-refractivity contribution >= 4 is 33.1 Å². The fourth-order valence-corrected chi connectivity index (χ4v) is 7.58. The molecule has 9 heteroatoms. The normalized spacial score (nSPS) is 18.2. The van der Waals surface area contributed by atoms with Crippen molar-refractivity contribution in [2.75, 3.05) is 6.54 Å². The van der Waals surface area contributed by atoms with Gasteiger partial charge in [0, 0.05) is 17.3 Å². The molecule has 0 saturated carbocycles. The van der Waals surface area contributed by atoms with E-state index in [4.69, 9.17) is 4.74 Å². The largest absolute Gasteiger partial charge is 0.488 e. The summed E-state index contributed by atoms with van der Waals surface area (Å²) in [7, 11) is -3.83. The monoisotopic (exact) mass is 555 g/mol. The maximum Gasteiger partial charge on any atom is 0.310 e. The molecule has 2 heterocycles. The van der Waals surface area contributed by atoms with E-state index < -0.39 is 27.3 Å². The number of carboxylic acid groups (broad SMARTS) is 1. The van der Waals surface area contributed by atoms with Gasteiger partial charge in [0.1, 0.15) is 16.7 Å². The van der Waals surface area contributed by atoms with Crippen LogP contribution in [-0.4, -0.2) is 42.2 Å². The van der Waals surface area contributed by atoms with Crippen LogP contribution in [0.2, 0.25) is 0 Å². The molecule has 1 N–H and O–H groups in total. The van der Waals surface area contributed by atoms with Gasteiger partial charge in [0.05, 0.1) is 16.8 Å². The highest BCUT2D eigenvalue weighted by atomic mass is 32.2. The van der Waals surface area contributed by atoms with Gasteiger partial charge in [-0.05, 0) is 75.1 Å². The zero-order chi connectivity index (χ0) is 27.8. The molecule has 1 aliphatic rings. The van der Waals surface area contributed by atoms with Crippen molar-refractivity contribution in [3.63, 3.8) is 0 Å². The second-order valence-corrected chi connectivity index (χ2v) is 13.3. The van der Waals surface area contributed by atoms with Crippen LogP contribution < -0.4 is 4.74 Å². The molecule has 2 atom stereocenters. The van der Waals surface area contributed by atoms with Crippen LogP contribution in [0.5, 0.6) is 5.75 Å². The number of aryl methyl sites for hydroxylation is 1. The van der Waals surface area contributed by atoms with Crippen molar-refractivity contribution in [3.05, 3.63) is 81.0 Å². The number of hydrogen-bond donors (Lipinski definition) is 1. The maximum absolute atomic E-state index is 13.7. The first-order chi connectivity index (χ1) is 17.9. The topological polar surface area (TPSA) is 101 Å². The predicted molar refractivity (Wildman–Crippen MR) is 148 cm³/mol. The van der Waals surface area contributed by atoms with Crippen LogP contribution >= 0.6 is 11.3 Å². The number of hydrogen-bond acceptors (Lipinski definition) is 6. The molecule has 0 aliphatic carbocycles. The molecule has 2 aromatic carbocycles. The van der Waals surface area contributed by atoms with E-state index in [1.165, 1.54) is 22.6 Å². The smallest absolute Gasteiger partial charge is 0.310 e. The van der Waals surface area contributed by atoms with E-state index in [2.05, 4.69) is 0 Å². The molecule has 0 bridgehead atoms. The van der Waals surface area contributed by atoms with Crippen LogP contribution in [0.25, 0.3) is 0 Å². The van der Waals surface area contributed by atoms with Gasteiger partial charge in [-0.1, -0.05) is 37.3 Å². The predicted octanol–water partition coefficient (Wildman–Crippen LogP) is 5.86. The van der Waals surface area contributed by atoms with Gasteiger partial charge in [0.15, 0.2) is 5.78 Å². The molecular formula is C29H33NO6S2. The van der Waals surface area contributed by atoms with E-state index in [0.717, 1.165) is 21.6 Å². The van der Waals surface area contributed by atoms with Crippen molar-refractivity contribution in [1.82, 2.24) is 4.31 Å². The number of Topliss-reactive ketones (excluding diaryl/α,β-unsaturated/α-hetero) is 1. The van der Waals surface area contributed by atoms with Crippen LogP contribution in [0.1, 0.15) is 71.3 Å². The Balaban J connectivity index is 1.79. The number of fused-ring (bicyclic) bond motifs is 1. The van der Waals surface area contributed by atoms with Crippen LogP contribution in [0.4, 0.5) is 0 Å². The number of rotatable bonds is 8. The molecule has 3 aromatic rings. The van der Waals surface area contributed by atoms with E-state index >= 15 is 0 Å². The number of sulfonamides is 1. The Morgan fingerprint density at radius 1 is 1.16 bits per heavy atom. The van der Waals surface area contributed by atoms with E-state index in [-0.39, 0.29) is 29.9 Å². The van der Waals surface area contributed by atoms with Gasteiger partial charge in [-0.25, -0.2) is 8.42 Å². The molecule has 0 amide bonds. The van der Waals surface area contributed by atoms with Gasteiger partial charge in [0.25, 0.3) is 0 Å². The lowest BCUT2D eigenvalue weighted by Gasteiger charge is -2.31. The Labute approximate surface area is 228 Å². The summed E-state index contributed by atoms with van der Waals surface area (Å²) in [5.74, 6) is -1.21. The minimum Gasteiger partial charge on any atom is -0.488 e. The van der Waals surface area contributed by atoms with E-state index in [1.807, 2.05) is 38.1 Å². The van der Waals surface area contributed by atoms with Crippen molar-refractivity contribution in [1.29, 1.82) is 0 Å². The lowest BCUT2D eigenvalue weighted by atomic mass is 9.73. The minimum atomic E-state index is -3.83. The first-order valence-corrected chi connectivity index (χ1v) is 14.8. The molecule has 7 nitrogen and oxygen atoms in total.